The van der Waals surface area contributed by atoms with Crippen LogP contribution in [0.3, 0.4) is 0 Å². The zero-order valence-electron chi connectivity index (χ0n) is 18.0. The largest absolute Gasteiger partial charge is 0.382 e. The molecule has 1 fully saturated rings. The van der Waals surface area contributed by atoms with Crippen LogP contribution in [0.4, 0.5) is 15.8 Å². The van der Waals surface area contributed by atoms with Gasteiger partial charge in [-0.3, -0.25) is 4.79 Å². The summed E-state index contributed by atoms with van der Waals surface area (Å²) in [5.74, 6) is 0.373. The van der Waals surface area contributed by atoms with E-state index in [0.29, 0.717) is 23.9 Å². The zero-order chi connectivity index (χ0) is 21.1. The molecule has 5 heteroatoms. The first-order chi connectivity index (χ1) is 14.7. The number of benzene rings is 2. The van der Waals surface area contributed by atoms with Crippen LogP contribution in [0.5, 0.6) is 0 Å². The lowest BCUT2D eigenvalue weighted by Gasteiger charge is -2.40. The number of ketones is 1. The minimum atomic E-state index is -0.298. The van der Waals surface area contributed by atoms with Gasteiger partial charge in [0.2, 0.25) is 0 Å². The van der Waals surface area contributed by atoms with Gasteiger partial charge < -0.3 is 15.1 Å². The van der Waals surface area contributed by atoms with E-state index < -0.39 is 0 Å². The minimum Gasteiger partial charge on any atom is -0.382 e. The van der Waals surface area contributed by atoms with Gasteiger partial charge in [0.05, 0.1) is 11.4 Å². The number of piperidine rings is 1. The molecule has 0 aromatic heterocycles. The number of nitrogens with zero attached hydrogens (tertiary/aromatic N) is 2. The summed E-state index contributed by atoms with van der Waals surface area (Å²) in [6.45, 7) is 9.23. The number of Topliss-reactive ketones (excluding diaryl/α,β-unsaturated/α-hetero) is 1. The Balaban J connectivity index is 0.00000106. The number of rotatable bonds is 5. The Kier molecular flexibility index (Phi) is 6.38. The predicted octanol–water partition coefficient (Wildman–Crippen LogP) is 4.92. The molecule has 160 valence electrons. The molecule has 30 heavy (non-hydrogen) atoms. The molecule has 1 saturated heterocycles. The third kappa shape index (κ3) is 3.95. The summed E-state index contributed by atoms with van der Waals surface area (Å²) in [6.07, 6.45) is 2.56. The van der Waals surface area contributed by atoms with Crippen LogP contribution in [-0.4, -0.2) is 49.4 Å². The van der Waals surface area contributed by atoms with Crippen LogP contribution in [0.2, 0.25) is 0 Å². The van der Waals surface area contributed by atoms with Crippen molar-refractivity contribution < 1.29 is 9.18 Å². The van der Waals surface area contributed by atoms with E-state index in [9.17, 15) is 9.18 Å². The average molecular weight is 410 g/mol. The lowest BCUT2D eigenvalue weighted by Crippen LogP contribution is -2.48. The number of hydrogen-bond acceptors (Lipinski definition) is 4. The van der Waals surface area contributed by atoms with Gasteiger partial charge in [-0.05, 0) is 55.3 Å². The number of hydrogen-bond donors (Lipinski definition) is 1. The van der Waals surface area contributed by atoms with E-state index in [2.05, 4.69) is 33.3 Å². The Morgan fingerprint density at radius 1 is 1.13 bits per heavy atom. The summed E-state index contributed by atoms with van der Waals surface area (Å²) in [7, 11) is 0. The van der Waals surface area contributed by atoms with Crippen LogP contribution in [0.1, 0.15) is 54.9 Å². The molecule has 5 rings (SSSR count). The van der Waals surface area contributed by atoms with Crippen LogP contribution >= 0.6 is 0 Å². The lowest BCUT2D eigenvalue weighted by atomic mass is 9.89. The maximum absolute atomic E-state index is 13.0. The van der Waals surface area contributed by atoms with Gasteiger partial charge in [0.15, 0.2) is 5.78 Å². The fourth-order valence-corrected chi connectivity index (χ4v) is 5.21. The van der Waals surface area contributed by atoms with Crippen LogP contribution in [0.25, 0.3) is 0 Å². The van der Waals surface area contributed by atoms with Crippen LogP contribution in [0.15, 0.2) is 42.5 Å². The Hall–Kier alpha value is -2.40. The normalized spacial score (nSPS) is 21.8. The van der Waals surface area contributed by atoms with Gasteiger partial charge in [0, 0.05) is 50.1 Å². The molecule has 2 atom stereocenters. The number of carbonyl (C=O) groups excluding carboxylic acids is 1. The predicted molar refractivity (Wildman–Crippen MR) is 121 cm³/mol. The van der Waals surface area contributed by atoms with Gasteiger partial charge in [-0.25, -0.2) is 4.39 Å². The van der Waals surface area contributed by atoms with E-state index in [1.807, 2.05) is 13.8 Å². The van der Waals surface area contributed by atoms with Gasteiger partial charge in [-0.15, -0.1) is 0 Å². The summed E-state index contributed by atoms with van der Waals surface area (Å²) >= 11 is 0. The molecule has 2 aromatic carbocycles. The Morgan fingerprint density at radius 2 is 1.93 bits per heavy atom. The third-order valence-electron chi connectivity index (χ3n) is 6.53. The van der Waals surface area contributed by atoms with Crippen LogP contribution in [0, 0.1) is 5.82 Å². The molecule has 0 amide bonds. The number of halogens is 1. The smallest absolute Gasteiger partial charge is 0.162 e. The molecule has 3 aliphatic heterocycles. The highest BCUT2D eigenvalue weighted by Gasteiger charge is 2.43. The maximum Gasteiger partial charge on any atom is 0.162 e. The summed E-state index contributed by atoms with van der Waals surface area (Å²) < 4.78 is 13.0. The molecule has 0 radical (unpaired) electrons. The molecule has 4 nitrogen and oxygen atoms in total. The first-order valence-electron chi connectivity index (χ1n) is 11.4. The number of likely N-dealkylation sites (tertiary alicyclic amines) is 1. The summed E-state index contributed by atoms with van der Waals surface area (Å²) in [4.78, 5) is 17.5. The highest BCUT2D eigenvalue weighted by atomic mass is 19.1. The number of anilines is 2. The molecule has 3 heterocycles. The zero-order valence-corrected chi connectivity index (χ0v) is 18.0. The van der Waals surface area contributed by atoms with Crippen molar-refractivity contribution in [3.05, 3.63) is 59.4 Å². The number of para-hydroxylation sites is 1. The third-order valence-corrected chi connectivity index (χ3v) is 6.53. The van der Waals surface area contributed by atoms with Crippen molar-refractivity contribution in [2.24, 2.45) is 0 Å². The molecular formula is C25H32FN3O. The van der Waals surface area contributed by atoms with Crippen LogP contribution in [-0.2, 0) is 0 Å². The second-order valence-corrected chi connectivity index (χ2v) is 8.16. The Labute approximate surface area is 179 Å². The fraction of sp³-hybridized carbons (Fsp3) is 0.480. The van der Waals surface area contributed by atoms with Crippen molar-refractivity contribution >= 4 is 17.2 Å². The standard InChI is InChI=1S/C23H26FN3O.C2H6/c24-17-8-6-16(7-9-17)22(28)5-2-12-26-13-10-21-19(15-26)18-3-1-4-20-23(18)27(21)14-11-25-20;1-2/h1,3-4,6-9,19,21,25H,2,5,10-15H2;1-2H3/t19-,21-;/m0./s1. The van der Waals surface area contributed by atoms with Crippen molar-refractivity contribution in [1.29, 1.82) is 0 Å². The van der Waals surface area contributed by atoms with E-state index >= 15 is 0 Å². The maximum atomic E-state index is 13.0. The topological polar surface area (TPSA) is 35.6 Å². The van der Waals surface area contributed by atoms with Crippen molar-refractivity contribution in [2.75, 3.05) is 42.9 Å². The van der Waals surface area contributed by atoms with E-state index in [1.165, 1.54) is 35.5 Å². The van der Waals surface area contributed by atoms with Crippen molar-refractivity contribution in [3.8, 4) is 0 Å². The van der Waals surface area contributed by atoms with Gasteiger partial charge in [0.1, 0.15) is 5.82 Å². The SMILES string of the molecule is CC.O=C(CCCN1CC[C@H]2[C@@H](C1)c1cccc3c1N2CCN3)c1ccc(F)cc1. The number of fused-ring (bicyclic) bond motifs is 3. The lowest BCUT2D eigenvalue weighted by molar-refractivity contribution is 0.0971. The van der Waals surface area contributed by atoms with Crippen molar-refractivity contribution in [3.63, 3.8) is 0 Å². The van der Waals surface area contributed by atoms with Crippen molar-refractivity contribution in [1.82, 2.24) is 4.90 Å². The van der Waals surface area contributed by atoms with E-state index in [-0.39, 0.29) is 11.6 Å². The number of carbonyl (C=O) groups is 1. The monoisotopic (exact) mass is 409 g/mol. The second-order valence-electron chi connectivity index (χ2n) is 8.16. The second kappa shape index (κ2) is 9.17. The number of nitrogens with one attached hydrogen (secondary N) is 1. The van der Waals surface area contributed by atoms with Crippen molar-refractivity contribution in [2.45, 2.75) is 45.1 Å². The van der Waals surface area contributed by atoms with Gasteiger partial charge in [-0.1, -0.05) is 26.0 Å². The first kappa shape index (κ1) is 20.9. The molecule has 0 saturated carbocycles. The van der Waals surface area contributed by atoms with Gasteiger partial charge in [-0.2, -0.15) is 0 Å². The highest BCUT2D eigenvalue weighted by molar-refractivity contribution is 5.95. The van der Waals surface area contributed by atoms with E-state index in [0.717, 1.165) is 39.1 Å². The molecule has 2 aromatic rings. The Bertz CT molecular complexity index is 882. The minimum absolute atomic E-state index is 0.105. The van der Waals surface area contributed by atoms with E-state index in [4.69, 9.17) is 0 Å². The van der Waals surface area contributed by atoms with Gasteiger partial charge >= 0.3 is 0 Å². The summed E-state index contributed by atoms with van der Waals surface area (Å²) in [6, 6.07) is 13.2. The molecule has 0 unspecified atom stereocenters. The summed E-state index contributed by atoms with van der Waals surface area (Å²) in [5, 5.41) is 3.54. The molecule has 1 N–H and O–H groups in total. The molecule has 0 aliphatic carbocycles. The van der Waals surface area contributed by atoms with E-state index in [1.54, 1.807) is 12.1 Å². The van der Waals surface area contributed by atoms with Crippen LogP contribution < -0.4 is 10.2 Å². The van der Waals surface area contributed by atoms with Gasteiger partial charge in [0.25, 0.3) is 0 Å². The molecular weight excluding hydrogens is 377 g/mol. The average Bonchev–Trinajstić information content (AvgIpc) is 3.11. The first-order valence-corrected chi connectivity index (χ1v) is 11.4. The fourth-order valence-electron chi connectivity index (χ4n) is 5.21. The molecule has 0 spiro atoms. The summed E-state index contributed by atoms with van der Waals surface area (Å²) in [5.41, 5.74) is 4.81. The quantitative estimate of drug-likeness (QED) is 0.711. The molecule has 3 aliphatic rings. The Morgan fingerprint density at radius 3 is 2.73 bits per heavy atom. The highest BCUT2D eigenvalue weighted by Crippen LogP contribution is 2.49. The molecule has 0 bridgehead atoms.